The van der Waals surface area contributed by atoms with E-state index in [2.05, 4.69) is 0 Å². The van der Waals surface area contributed by atoms with E-state index in [1.54, 1.807) is 0 Å². The van der Waals surface area contributed by atoms with Crippen molar-refractivity contribution in [1.29, 1.82) is 0 Å². The first-order chi connectivity index (χ1) is 6.19. The van der Waals surface area contributed by atoms with E-state index < -0.39 is 16.2 Å². The molecule has 0 aromatic carbocycles. The molecule has 0 aliphatic rings. The molecule has 0 fully saturated rings. The molecule has 94 valence electrons. The van der Waals surface area contributed by atoms with Gasteiger partial charge in [-0.25, -0.2) is 0 Å². The van der Waals surface area contributed by atoms with E-state index in [9.17, 15) is 0 Å². The Balaban J connectivity index is 0. The monoisotopic (exact) mass is 434 g/mol. The summed E-state index contributed by atoms with van der Waals surface area (Å²) in [6, 6.07) is 0. The third kappa shape index (κ3) is 12.0. The molecule has 0 unspecified atom stereocenters. The molecular weight excluding hydrogens is 438 g/mol. The Morgan fingerprint density at radius 1 is 0.533 bits per heavy atom. The van der Waals surface area contributed by atoms with Crippen LogP contribution in [0.4, 0.5) is 0 Å². The zero-order valence-corrected chi connectivity index (χ0v) is 14.6. The van der Waals surface area contributed by atoms with Gasteiger partial charge in [0.1, 0.15) is 0 Å². The maximum Gasteiger partial charge on any atom is 0.236 e. The molecule has 0 saturated carbocycles. The molecule has 0 spiro atoms. The Bertz CT molecular complexity index is 154. The van der Waals surface area contributed by atoms with Crippen molar-refractivity contribution in [2.75, 3.05) is 0 Å². The number of alkyl halides is 11. The molecule has 11 heteroatoms. The third-order valence-electron chi connectivity index (χ3n) is 0.569. The maximum atomic E-state index is 5.14. The van der Waals surface area contributed by atoms with Gasteiger partial charge in [-0.05, 0) is 0 Å². The Labute approximate surface area is 142 Å². The Morgan fingerprint density at radius 2 is 0.667 bits per heavy atom. The molecule has 15 heavy (non-hydrogen) atoms. The van der Waals surface area contributed by atoms with Crippen LogP contribution in [0.2, 0.25) is 0 Å². The molecule has 0 nitrogen and oxygen atoms in total. The van der Waals surface area contributed by atoms with Gasteiger partial charge in [-0.15, -0.1) is 23.2 Å². The van der Waals surface area contributed by atoms with Gasteiger partial charge in [0.25, 0.3) is 0 Å². The van der Waals surface area contributed by atoms with E-state index in [0.29, 0.717) is 0 Å². The van der Waals surface area contributed by atoms with Crippen molar-refractivity contribution in [3.05, 3.63) is 0 Å². The lowest BCUT2D eigenvalue weighted by Crippen LogP contribution is -2.23. The highest BCUT2D eigenvalue weighted by atomic mass is 35.6. The molecule has 0 heterocycles. The summed E-state index contributed by atoms with van der Waals surface area (Å²) < 4.78 is -5.25. The van der Waals surface area contributed by atoms with Gasteiger partial charge in [-0.2, -0.15) is 0 Å². The number of halogens is 11. The van der Waals surface area contributed by atoms with E-state index in [4.69, 9.17) is 128 Å². The van der Waals surface area contributed by atoms with Crippen LogP contribution in [-0.4, -0.2) is 16.2 Å². The molecule has 0 aromatic rings. The molecule has 0 bridgehead atoms. The zero-order valence-electron chi connectivity index (χ0n) is 6.23. The smallest absolute Gasteiger partial charge is 0.101 e. The van der Waals surface area contributed by atoms with Crippen LogP contribution in [-0.2, 0) is 0 Å². The maximum absolute atomic E-state index is 5.14. The van der Waals surface area contributed by atoms with Crippen LogP contribution in [0.25, 0.3) is 0 Å². The average Bonchev–Trinajstić information content (AvgIpc) is 1.80. The minimum atomic E-state index is -1.85. The highest BCUT2D eigenvalue weighted by Crippen LogP contribution is 2.48. The predicted molar refractivity (Wildman–Crippen MR) is 76.4 cm³/mol. The van der Waals surface area contributed by atoms with Gasteiger partial charge in [0.05, 0.1) is 0 Å². The van der Waals surface area contributed by atoms with Crippen LogP contribution in [0.15, 0.2) is 0 Å². The summed E-state index contributed by atoms with van der Waals surface area (Å²) in [7, 11) is 0. The molecule has 0 atom stereocenters. The summed E-state index contributed by atoms with van der Waals surface area (Å²) in [6.07, 6.45) is 0. The van der Waals surface area contributed by atoms with E-state index in [0.717, 1.165) is 0 Å². The van der Waals surface area contributed by atoms with Gasteiger partial charge >= 0.3 is 0 Å². The molecular formula is C4HCl11. The van der Waals surface area contributed by atoms with Crippen molar-refractivity contribution in [1.82, 2.24) is 0 Å². The fourth-order valence-corrected chi connectivity index (χ4v) is 0. The summed E-state index contributed by atoms with van der Waals surface area (Å²) in [4.78, 5) is -0.961. The lowest BCUT2D eigenvalue weighted by atomic mass is 10.9. The van der Waals surface area contributed by atoms with Gasteiger partial charge in [-0.3, -0.25) is 0 Å². The quantitative estimate of drug-likeness (QED) is 0.361. The van der Waals surface area contributed by atoms with Crippen molar-refractivity contribution >= 4 is 128 Å². The lowest BCUT2D eigenvalue weighted by molar-refractivity contribution is 1.10. The molecule has 0 radical (unpaired) electrons. The van der Waals surface area contributed by atoms with E-state index in [-0.39, 0.29) is 0 Å². The molecule has 0 aliphatic carbocycles. The summed E-state index contributed by atoms with van der Waals surface area (Å²) in [5.41, 5.74) is 0. The fourth-order valence-electron chi connectivity index (χ4n) is 0. The fraction of sp³-hybridized carbons (Fsp3) is 1.00. The average molecular weight is 439 g/mol. The highest BCUT2D eigenvalue weighted by Gasteiger charge is 2.43. The molecule has 0 aliphatic heterocycles. The van der Waals surface area contributed by atoms with Crippen LogP contribution in [0.5, 0.6) is 0 Å². The molecule has 0 rings (SSSR count). The molecule has 0 aromatic heterocycles. The predicted octanol–water partition coefficient (Wildman–Crippen LogP) is 6.89. The zero-order chi connectivity index (χ0) is 13.1. The minimum Gasteiger partial charge on any atom is -0.101 e. The third-order valence-corrected chi connectivity index (χ3v) is 5.12. The van der Waals surface area contributed by atoms with E-state index >= 15 is 0 Å². The summed E-state index contributed by atoms with van der Waals surface area (Å²) in [5, 5.41) is 0. The van der Waals surface area contributed by atoms with Crippen LogP contribution < -0.4 is 0 Å². The SMILES string of the molecule is ClC(Cl)(Cl)C(Cl)(Cl)Cl.ClC(Cl)C(Cl)(Cl)Cl. The van der Waals surface area contributed by atoms with Crippen LogP contribution in [0.3, 0.4) is 0 Å². The van der Waals surface area contributed by atoms with Crippen molar-refractivity contribution in [2.45, 2.75) is 16.2 Å². The summed E-state index contributed by atoms with van der Waals surface area (Å²) >= 11 is 56.5. The first kappa shape index (κ1) is 20.5. The van der Waals surface area contributed by atoms with E-state index in [1.165, 1.54) is 0 Å². The Hall–Kier alpha value is 3.19. The highest BCUT2D eigenvalue weighted by molar-refractivity contribution is 6.83. The second kappa shape index (κ2) is 7.70. The lowest BCUT2D eigenvalue weighted by Gasteiger charge is -2.19. The van der Waals surface area contributed by atoms with Gasteiger partial charge in [0, 0.05) is 0 Å². The number of hydrogen-bond donors (Lipinski definition) is 0. The van der Waals surface area contributed by atoms with Gasteiger partial charge in [0.15, 0.2) is 4.84 Å². The van der Waals surface area contributed by atoms with Crippen molar-refractivity contribution < 1.29 is 0 Å². The first-order valence-electron chi connectivity index (χ1n) is 2.68. The molecule has 0 N–H and O–H groups in total. The standard InChI is InChI=1S/C2Cl6.C2HCl5/c3-1(4,5)2(6,7)8;3-1(4)2(5,6)7/h;1H. The normalized spacial score (nSPS) is 13.6. The van der Waals surface area contributed by atoms with E-state index in [1.807, 2.05) is 0 Å². The molecule has 0 saturated heterocycles. The summed E-state index contributed by atoms with van der Waals surface area (Å²) in [5.74, 6) is 0. The molecule has 0 amide bonds. The van der Waals surface area contributed by atoms with Crippen LogP contribution in [0, 0.1) is 0 Å². The van der Waals surface area contributed by atoms with Crippen molar-refractivity contribution in [3.63, 3.8) is 0 Å². The van der Waals surface area contributed by atoms with Gasteiger partial charge in [-0.1, -0.05) is 104 Å². The van der Waals surface area contributed by atoms with Crippen molar-refractivity contribution in [3.8, 4) is 0 Å². The topological polar surface area (TPSA) is 0 Å². The van der Waals surface area contributed by atoms with Crippen LogP contribution >= 0.6 is 128 Å². The Morgan fingerprint density at radius 3 is 0.667 bits per heavy atom. The van der Waals surface area contributed by atoms with Crippen LogP contribution in [0.1, 0.15) is 0 Å². The summed E-state index contributed by atoms with van der Waals surface area (Å²) in [6.45, 7) is 0. The largest absolute Gasteiger partial charge is 0.236 e. The minimum absolute atomic E-state index is 0.961. The second-order valence-corrected chi connectivity index (χ2v) is 9.87. The number of rotatable bonds is 0. The van der Waals surface area contributed by atoms with Gasteiger partial charge < -0.3 is 0 Å². The Kier molecular flexibility index (Phi) is 10.5. The number of hydrogen-bond acceptors (Lipinski definition) is 0. The van der Waals surface area contributed by atoms with Crippen molar-refractivity contribution in [2.24, 2.45) is 0 Å². The van der Waals surface area contributed by atoms with Gasteiger partial charge in [0.2, 0.25) is 11.4 Å². The second-order valence-electron chi connectivity index (χ2n) is 1.84. The first-order valence-corrected chi connectivity index (χ1v) is 6.95.